The number of phenolic OH excluding ortho intramolecular Hbond substituents is 1. The second-order valence-electron chi connectivity index (χ2n) is 5.98. The quantitative estimate of drug-likeness (QED) is 0.786. The Morgan fingerprint density at radius 1 is 1.38 bits per heavy atom. The zero-order chi connectivity index (χ0) is 16.9. The standard InChI is InChI=1S/C18H20N4O2/c19-10-13-8-16(20-11-13)18(24)21-12-17(22-6-1-2-7-22)14-4-3-5-15(23)9-14/h3-5,8-9,11,17,20,23H,1-2,6-7,12H2,(H,21,24)/t17-/m1/s1. The van der Waals surface area contributed by atoms with Crippen molar-refractivity contribution in [1.29, 1.82) is 5.26 Å². The number of hydrogen-bond acceptors (Lipinski definition) is 4. The summed E-state index contributed by atoms with van der Waals surface area (Å²) in [7, 11) is 0. The van der Waals surface area contributed by atoms with E-state index >= 15 is 0 Å². The molecule has 1 aromatic heterocycles. The maximum Gasteiger partial charge on any atom is 0.267 e. The number of nitriles is 1. The van der Waals surface area contributed by atoms with Crippen LogP contribution in [-0.2, 0) is 0 Å². The monoisotopic (exact) mass is 324 g/mol. The van der Waals surface area contributed by atoms with Crippen molar-refractivity contribution in [2.24, 2.45) is 0 Å². The van der Waals surface area contributed by atoms with E-state index < -0.39 is 0 Å². The van der Waals surface area contributed by atoms with Crippen molar-refractivity contribution >= 4 is 5.91 Å². The lowest BCUT2D eigenvalue weighted by Gasteiger charge is -2.28. The van der Waals surface area contributed by atoms with Gasteiger partial charge in [0.1, 0.15) is 17.5 Å². The highest BCUT2D eigenvalue weighted by Gasteiger charge is 2.24. The molecule has 1 amide bonds. The van der Waals surface area contributed by atoms with Gasteiger partial charge in [-0.2, -0.15) is 5.26 Å². The molecule has 1 aromatic carbocycles. The van der Waals surface area contributed by atoms with Gasteiger partial charge in [0.15, 0.2) is 0 Å². The molecule has 124 valence electrons. The molecule has 1 aliphatic heterocycles. The molecule has 2 heterocycles. The van der Waals surface area contributed by atoms with Gasteiger partial charge in [0.05, 0.1) is 11.6 Å². The lowest BCUT2D eigenvalue weighted by molar-refractivity contribution is 0.0933. The van der Waals surface area contributed by atoms with Gasteiger partial charge in [0.25, 0.3) is 5.91 Å². The minimum atomic E-state index is -0.235. The molecule has 0 spiro atoms. The molecule has 3 N–H and O–H groups in total. The first-order chi connectivity index (χ1) is 11.7. The van der Waals surface area contributed by atoms with Crippen molar-refractivity contribution in [2.45, 2.75) is 18.9 Å². The lowest BCUT2D eigenvalue weighted by Crippen LogP contribution is -2.36. The molecule has 24 heavy (non-hydrogen) atoms. The Balaban J connectivity index is 1.72. The number of aromatic hydroxyl groups is 1. The first kappa shape index (κ1) is 16.1. The van der Waals surface area contributed by atoms with Gasteiger partial charge in [0.2, 0.25) is 0 Å². The van der Waals surface area contributed by atoms with Crippen LogP contribution < -0.4 is 5.32 Å². The van der Waals surface area contributed by atoms with Crippen molar-refractivity contribution in [3.63, 3.8) is 0 Å². The maximum atomic E-state index is 12.3. The van der Waals surface area contributed by atoms with Gasteiger partial charge in [-0.25, -0.2) is 0 Å². The number of likely N-dealkylation sites (tertiary alicyclic amines) is 1. The van der Waals surface area contributed by atoms with Crippen LogP contribution in [0.4, 0.5) is 0 Å². The van der Waals surface area contributed by atoms with Crippen LogP contribution in [0.3, 0.4) is 0 Å². The zero-order valence-electron chi connectivity index (χ0n) is 13.3. The third kappa shape index (κ3) is 3.58. The highest BCUT2D eigenvalue weighted by atomic mass is 16.3. The highest BCUT2D eigenvalue weighted by molar-refractivity contribution is 5.92. The van der Waals surface area contributed by atoms with Crippen molar-refractivity contribution in [3.8, 4) is 11.8 Å². The van der Waals surface area contributed by atoms with Crippen molar-refractivity contribution in [2.75, 3.05) is 19.6 Å². The van der Waals surface area contributed by atoms with Crippen LogP contribution in [0.1, 0.15) is 40.5 Å². The van der Waals surface area contributed by atoms with Crippen LogP contribution in [0.25, 0.3) is 0 Å². The second kappa shape index (κ2) is 7.20. The maximum absolute atomic E-state index is 12.3. The topological polar surface area (TPSA) is 92.1 Å². The fourth-order valence-electron chi connectivity index (χ4n) is 3.12. The minimum Gasteiger partial charge on any atom is -0.508 e. The molecule has 1 atom stereocenters. The fraction of sp³-hybridized carbons (Fsp3) is 0.333. The molecule has 0 unspecified atom stereocenters. The normalized spacial score (nSPS) is 15.8. The predicted molar refractivity (Wildman–Crippen MR) is 89.5 cm³/mol. The Morgan fingerprint density at radius 2 is 2.17 bits per heavy atom. The molecule has 1 saturated heterocycles. The number of amides is 1. The number of nitrogens with one attached hydrogen (secondary N) is 2. The van der Waals surface area contributed by atoms with E-state index in [0.29, 0.717) is 17.8 Å². The summed E-state index contributed by atoms with van der Waals surface area (Å²) in [6.07, 6.45) is 3.80. The average Bonchev–Trinajstić information content (AvgIpc) is 3.27. The van der Waals surface area contributed by atoms with Gasteiger partial charge in [0, 0.05) is 12.7 Å². The van der Waals surface area contributed by atoms with Gasteiger partial charge in [-0.05, 0) is 49.7 Å². The van der Waals surface area contributed by atoms with E-state index in [0.717, 1.165) is 31.5 Å². The fourth-order valence-corrected chi connectivity index (χ4v) is 3.12. The molecule has 0 bridgehead atoms. The van der Waals surface area contributed by atoms with Gasteiger partial charge in [-0.1, -0.05) is 12.1 Å². The van der Waals surface area contributed by atoms with E-state index in [2.05, 4.69) is 15.2 Å². The number of phenols is 1. The minimum absolute atomic E-state index is 0.0222. The summed E-state index contributed by atoms with van der Waals surface area (Å²) >= 11 is 0. The van der Waals surface area contributed by atoms with E-state index in [1.807, 2.05) is 18.2 Å². The molecule has 6 nitrogen and oxygen atoms in total. The number of aromatic amines is 1. The second-order valence-corrected chi connectivity index (χ2v) is 5.98. The van der Waals surface area contributed by atoms with Gasteiger partial charge in [-0.3, -0.25) is 9.69 Å². The Hall–Kier alpha value is -2.78. The largest absolute Gasteiger partial charge is 0.508 e. The lowest BCUT2D eigenvalue weighted by atomic mass is 10.0. The number of hydrogen-bond donors (Lipinski definition) is 3. The first-order valence-electron chi connectivity index (χ1n) is 8.07. The van der Waals surface area contributed by atoms with E-state index in [-0.39, 0.29) is 17.7 Å². The predicted octanol–water partition coefficient (Wildman–Crippen LogP) is 2.16. The van der Waals surface area contributed by atoms with E-state index in [4.69, 9.17) is 5.26 Å². The Labute approximate surface area is 140 Å². The van der Waals surface area contributed by atoms with Crippen LogP contribution in [-0.4, -0.2) is 40.5 Å². The Kier molecular flexibility index (Phi) is 4.82. The number of rotatable bonds is 5. The molecule has 1 aliphatic rings. The Morgan fingerprint density at radius 3 is 2.83 bits per heavy atom. The van der Waals surface area contributed by atoms with E-state index in [1.165, 1.54) is 12.3 Å². The summed E-state index contributed by atoms with van der Waals surface area (Å²) in [5.41, 5.74) is 1.80. The van der Waals surface area contributed by atoms with E-state index in [9.17, 15) is 9.90 Å². The van der Waals surface area contributed by atoms with Crippen LogP contribution in [0.15, 0.2) is 36.5 Å². The average molecular weight is 324 g/mol. The smallest absolute Gasteiger partial charge is 0.267 e. The van der Waals surface area contributed by atoms with Crippen molar-refractivity contribution < 1.29 is 9.90 Å². The van der Waals surface area contributed by atoms with Crippen LogP contribution in [0.2, 0.25) is 0 Å². The van der Waals surface area contributed by atoms with Crippen molar-refractivity contribution in [3.05, 3.63) is 53.3 Å². The summed E-state index contributed by atoms with van der Waals surface area (Å²) < 4.78 is 0. The van der Waals surface area contributed by atoms with Gasteiger partial charge in [-0.15, -0.1) is 0 Å². The third-order valence-corrected chi connectivity index (χ3v) is 4.35. The summed E-state index contributed by atoms with van der Waals surface area (Å²) in [5, 5.41) is 21.5. The zero-order valence-corrected chi connectivity index (χ0v) is 13.3. The number of carbonyl (C=O) groups is 1. The highest BCUT2D eigenvalue weighted by Crippen LogP contribution is 2.26. The van der Waals surface area contributed by atoms with Crippen LogP contribution in [0.5, 0.6) is 5.75 Å². The Bertz CT molecular complexity index is 756. The van der Waals surface area contributed by atoms with Crippen LogP contribution in [0, 0.1) is 11.3 Å². The number of benzene rings is 1. The molecule has 3 rings (SSSR count). The summed E-state index contributed by atoms with van der Waals surface area (Å²) in [6.45, 7) is 2.41. The van der Waals surface area contributed by atoms with Gasteiger partial charge < -0.3 is 15.4 Å². The molecule has 0 radical (unpaired) electrons. The number of nitrogens with zero attached hydrogens (tertiary/aromatic N) is 2. The summed E-state index contributed by atoms with van der Waals surface area (Å²) in [6, 6.07) is 10.7. The number of aromatic nitrogens is 1. The summed E-state index contributed by atoms with van der Waals surface area (Å²) in [4.78, 5) is 17.4. The van der Waals surface area contributed by atoms with Gasteiger partial charge >= 0.3 is 0 Å². The van der Waals surface area contributed by atoms with Crippen LogP contribution >= 0.6 is 0 Å². The number of H-pyrrole nitrogens is 1. The molecule has 6 heteroatoms. The molecule has 1 fully saturated rings. The molecular weight excluding hydrogens is 304 g/mol. The third-order valence-electron chi connectivity index (χ3n) is 4.35. The van der Waals surface area contributed by atoms with E-state index in [1.54, 1.807) is 12.1 Å². The first-order valence-corrected chi connectivity index (χ1v) is 8.07. The summed E-state index contributed by atoms with van der Waals surface area (Å²) in [5.74, 6) is -0.00750. The molecule has 0 aliphatic carbocycles. The molecular formula is C18H20N4O2. The molecule has 0 saturated carbocycles. The number of carbonyl (C=O) groups excluding carboxylic acids is 1. The SMILES string of the molecule is N#Cc1c[nH]c(C(=O)NC[C@H](c2cccc(O)c2)N2CCCC2)c1. The van der Waals surface area contributed by atoms with Crippen molar-refractivity contribution in [1.82, 2.24) is 15.2 Å². The molecule has 2 aromatic rings.